The van der Waals surface area contributed by atoms with Crippen molar-refractivity contribution in [3.63, 3.8) is 0 Å². The van der Waals surface area contributed by atoms with E-state index in [0.29, 0.717) is 22.7 Å². The Kier molecular flexibility index (Phi) is 6.95. The second kappa shape index (κ2) is 10.0. The molecule has 1 amide bonds. The van der Waals surface area contributed by atoms with Gasteiger partial charge in [0.2, 0.25) is 11.1 Å². The highest BCUT2D eigenvalue weighted by Gasteiger charge is 2.51. The van der Waals surface area contributed by atoms with Crippen molar-refractivity contribution >= 4 is 17.7 Å². The van der Waals surface area contributed by atoms with Gasteiger partial charge >= 0.3 is 0 Å². The molecule has 1 fully saturated rings. The molecule has 3 atom stereocenters. The molecular weight excluding hydrogens is 466 g/mol. The first-order valence-electron chi connectivity index (χ1n) is 13.2. The number of tetrazole rings is 1. The molecule has 0 aliphatic heterocycles. The number of rotatable bonds is 7. The molecule has 1 N–H and O–H groups in total. The number of hydrogen-bond acceptors (Lipinski definition) is 5. The SMILES string of the molecule is CC(C)c1ccc2c(c1)CCC1C(C)(CNC(=O)CSc3nnnn3-c3ccccc3)CCCC21C. The van der Waals surface area contributed by atoms with Crippen LogP contribution in [0.5, 0.6) is 0 Å². The third kappa shape index (κ3) is 4.70. The van der Waals surface area contributed by atoms with E-state index < -0.39 is 0 Å². The van der Waals surface area contributed by atoms with E-state index >= 15 is 0 Å². The van der Waals surface area contributed by atoms with Gasteiger partial charge in [-0.2, -0.15) is 4.68 Å². The molecule has 3 unspecified atom stereocenters. The molecule has 190 valence electrons. The predicted octanol–water partition coefficient (Wildman–Crippen LogP) is 5.70. The monoisotopic (exact) mass is 503 g/mol. The minimum Gasteiger partial charge on any atom is -0.355 e. The lowest BCUT2D eigenvalue weighted by Gasteiger charge is -2.55. The van der Waals surface area contributed by atoms with Crippen LogP contribution in [0.25, 0.3) is 5.69 Å². The fourth-order valence-electron chi connectivity index (χ4n) is 6.70. The van der Waals surface area contributed by atoms with Gasteiger partial charge in [0, 0.05) is 6.54 Å². The highest BCUT2D eigenvalue weighted by atomic mass is 32.2. The summed E-state index contributed by atoms with van der Waals surface area (Å²) in [6.45, 7) is 10.1. The number of nitrogens with one attached hydrogen (secondary N) is 1. The topological polar surface area (TPSA) is 72.7 Å². The van der Waals surface area contributed by atoms with Crippen LogP contribution in [0.2, 0.25) is 0 Å². The van der Waals surface area contributed by atoms with E-state index in [9.17, 15) is 4.79 Å². The van der Waals surface area contributed by atoms with Crippen molar-refractivity contribution in [2.45, 2.75) is 76.3 Å². The molecule has 0 bridgehead atoms. The fourth-order valence-corrected chi connectivity index (χ4v) is 7.42. The van der Waals surface area contributed by atoms with Crippen molar-refractivity contribution in [3.8, 4) is 5.69 Å². The normalized spacial score (nSPS) is 25.3. The Morgan fingerprint density at radius 3 is 2.75 bits per heavy atom. The van der Waals surface area contributed by atoms with Crippen LogP contribution in [0.1, 0.15) is 76.0 Å². The molecule has 2 aliphatic rings. The lowest BCUT2D eigenvalue weighted by molar-refractivity contribution is -0.119. The van der Waals surface area contributed by atoms with Gasteiger partial charge in [-0.3, -0.25) is 4.79 Å². The third-order valence-corrected chi connectivity index (χ3v) is 9.55. The highest BCUT2D eigenvalue weighted by Crippen LogP contribution is 2.57. The minimum absolute atomic E-state index is 0.0360. The molecule has 2 aromatic carbocycles. The van der Waals surface area contributed by atoms with Gasteiger partial charge in [-0.25, -0.2) is 0 Å². The zero-order valence-corrected chi connectivity index (χ0v) is 22.6. The Morgan fingerprint density at radius 1 is 1.17 bits per heavy atom. The molecule has 3 aromatic rings. The summed E-state index contributed by atoms with van der Waals surface area (Å²) in [5.41, 5.74) is 5.68. The number of carbonyl (C=O) groups excluding carboxylic acids is 1. The Hall–Kier alpha value is -2.67. The van der Waals surface area contributed by atoms with Crippen molar-refractivity contribution in [1.82, 2.24) is 25.5 Å². The number of hydrogen-bond donors (Lipinski definition) is 1. The molecule has 7 heteroatoms. The second-order valence-corrected chi connectivity index (χ2v) is 12.3. The average molecular weight is 504 g/mol. The van der Waals surface area contributed by atoms with Crippen LogP contribution in [-0.2, 0) is 16.6 Å². The largest absolute Gasteiger partial charge is 0.355 e. The maximum absolute atomic E-state index is 12.9. The minimum atomic E-state index is 0.0360. The van der Waals surface area contributed by atoms with Gasteiger partial charge in [0.15, 0.2) is 0 Å². The zero-order chi connectivity index (χ0) is 25.3. The number of fused-ring (bicyclic) bond motifs is 3. The van der Waals surface area contributed by atoms with Gasteiger partial charge in [0.25, 0.3) is 0 Å². The summed E-state index contributed by atoms with van der Waals surface area (Å²) in [5, 5.41) is 15.9. The van der Waals surface area contributed by atoms with E-state index in [-0.39, 0.29) is 16.7 Å². The van der Waals surface area contributed by atoms with Crippen LogP contribution >= 0.6 is 11.8 Å². The maximum Gasteiger partial charge on any atom is 0.230 e. The summed E-state index contributed by atoms with van der Waals surface area (Å²) in [5.74, 6) is 1.46. The van der Waals surface area contributed by atoms with Crippen LogP contribution in [0.15, 0.2) is 53.7 Å². The Balaban J connectivity index is 1.24. The smallest absolute Gasteiger partial charge is 0.230 e. The van der Waals surface area contributed by atoms with Gasteiger partial charge in [-0.15, -0.1) is 5.10 Å². The average Bonchev–Trinajstić information content (AvgIpc) is 3.35. The van der Waals surface area contributed by atoms with Crippen molar-refractivity contribution < 1.29 is 4.79 Å². The molecule has 1 heterocycles. The molecule has 0 spiro atoms. The molecule has 5 rings (SSSR count). The molecule has 0 saturated heterocycles. The van der Waals surface area contributed by atoms with E-state index in [1.165, 1.54) is 36.6 Å². The van der Waals surface area contributed by atoms with Crippen LogP contribution in [0.4, 0.5) is 0 Å². The van der Waals surface area contributed by atoms with E-state index in [2.05, 4.69) is 66.7 Å². The first kappa shape index (κ1) is 25.0. The molecule has 1 aromatic heterocycles. The van der Waals surface area contributed by atoms with E-state index in [1.807, 2.05) is 30.3 Å². The predicted molar refractivity (Wildman–Crippen MR) is 145 cm³/mol. The Labute approximate surface area is 218 Å². The van der Waals surface area contributed by atoms with Crippen molar-refractivity contribution in [2.75, 3.05) is 12.3 Å². The number of amides is 1. The number of nitrogens with zero attached hydrogens (tertiary/aromatic N) is 4. The van der Waals surface area contributed by atoms with Gasteiger partial charge < -0.3 is 5.32 Å². The molecule has 1 saturated carbocycles. The number of thioether (sulfide) groups is 1. The number of benzene rings is 2. The van der Waals surface area contributed by atoms with Gasteiger partial charge in [0.1, 0.15) is 0 Å². The number of aromatic nitrogens is 4. The van der Waals surface area contributed by atoms with Crippen LogP contribution in [-0.4, -0.2) is 38.4 Å². The molecule has 36 heavy (non-hydrogen) atoms. The summed E-state index contributed by atoms with van der Waals surface area (Å²) in [4.78, 5) is 12.9. The van der Waals surface area contributed by atoms with Crippen LogP contribution < -0.4 is 5.32 Å². The zero-order valence-electron chi connectivity index (χ0n) is 21.8. The summed E-state index contributed by atoms with van der Waals surface area (Å²) in [7, 11) is 0. The second-order valence-electron chi connectivity index (χ2n) is 11.4. The lowest BCUT2D eigenvalue weighted by Crippen LogP contribution is -2.53. The quantitative estimate of drug-likeness (QED) is 0.419. The summed E-state index contributed by atoms with van der Waals surface area (Å²) in [6, 6.07) is 17.0. The fraction of sp³-hybridized carbons (Fsp3) is 0.517. The van der Waals surface area contributed by atoms with Crippen molar-refractivity contribution in [1.29, 1.82) is 0 Å². The van der Waals surface area contributed by atoms with Gasteiger partial charge in [0.05, 0.1) is 11.4 Å². The highest BCUT2D eigenvalue weighted by molar-refractivity contribution is 7.99. The van der Waals surface area contributed by atoms with E-state index in [0.717, 1.165) is 25.1 Å². The van der Waals surface area contributed by atoms with Crippen molar-refractivity contribution in [3.05, 3.63) is 65.2 Å². The number of para-hydroxylation sites is 1. The summed E-state index contributed by atoms with van der Waals surface area (Å²) in [6.07, 6.45) is 5.92. The van der Waals surface area contributed by atoms with E-state index in [4.69, 9.17) is 0 Å². The first-order chi connectivity index (χ1) is 17.3. The Bertz CT molecular complexity index is 1230. The van der Waals surface area contributed by atoms with Crippen LogP contribution in [0, 0.1) is 11.3 Å². The van der Waals surface area contributed by atoms with Gasteiger partial charge in [-0.05, 0) is 87.6 Å². The van der Waals surface area contributed by atoms with Gasteiger partial charge in [-0.1, -0.05) is 82.3 Å². The molecular formula is C29H37N5OS. The molecule has 6 nitrogen and oxygen atoms in total. The standard InChI is InChI=1S/C29H37N5OS/c1-20(2)21-11-13-24-22(17-21)12-14-25-28(3,15-8-16-29(24,25)4)19-30-26(35)18-36-27-31-32-33-34(27)23-9-6-5-7-10-23/h5-7,9-11,13,17,20,25H,8,12,14-16,18-19H2,1-4H3,(H,30,35). The van der Waals surface area contributed by atoms with E-state index in [1.54, 1.807) is 15.8 Å². The van der Waals surface area contributed by atoms with Crippen molar-refractivity contribution in [2.24, 2.45) is 11.3 Å². The summed E-state index contributed by atoms with van der Waals surface area (Å²) >= 11 is 1.37. The third-order valence-electron chi connectivity index (χ3n) is 8.63. The molecule has 2 aliphatic carbocycles. The van der Waals surface area contributed by atoms with Crippen LogP contribution in [0.3, 0.4) is 0 Å². The summed E-state index contributed by atoms with van der Waals surface area (Å²) < 4.78 is 1.68. The number of carbonyl (C=O) groups is 1. The maximum atomic E-state index is 12.9. The molecule has 0 radical (unpaired) electrons. The number of aryl methyl sites for hydroxylation is 1. The first-order valence-corrected chi connectivity index (χ1v) is 14.2. The Morgan fingerprint density at radius 2 is 1.97 bits per heavy atom. The lowest BCUT2D eigenvalue weighted by atomic mass is 9.49.